The van der Waals surface area contributed by atoms with Gasteiger partial charge in [0.15, 0.2) is 5.75 Å². The van der Waals surface area contributed by atoms with Crippen molar-refractivity contribution >= 4 is 0 Å². The molecule has 3 nitrogen and oxygen atoms in total. The lowest BCUT2D eigenvalue weighted by Gasteiger charge is -2.05. The van der Waals surface area contributed by atoms with E-state index in [1.807, 2.05) is 30.3 Å². The Kier molecular flexibility index (Phi) is 2.29. The summed E-state index contributed by atoms with van der Waals surface area (Å²) in [7, 11) is 1.61. The fourth-order valence-electron chi connectivity index (χ4n) is 1.47. The molecule has 15 heavy (non-hydrogen) atoms. The fourth-order valence-corrected chi connectivity index (χ4v) is 1.47. The Balaban J connectivity index is 2.66. The van der Waals surface area contributed by atoms with Gasteiger partial charge in [0, 0.05) is 18.8 Å². The van der Waals surface area contributed by atoms with Crippen LogP contribution in [0.4, 0.5) is 0 Å². The lowest BCUT2D eigenvalue weighted by atomic mass is 10.1. The van der Waals surface area contributed by atoms with Gasteiger partial charge in [0.1, 0.15) is 0 Å². The van der Waals surface area contributed by atoms with Crippen molar-refractivity contribution in [2.45, 2.75) is 0 Å². The SMILES string of the molecule is Cn1ccc(-c2ccccc2)c(O)c1=O. The standard InChI is InChI=1S/C12H11NO2/c1-13-8-7-10(11(14)12(13)15)9-5-3-2-4-6-9/h2-8,14H,1H3. The lowest BCUT2D eigenvalue weighted by Crippen LogP contribution is -2.15. The number of aryl methyl sites for hydroxylation is 1. The molecule has 76 valence electrons. The lowest BCUT2D eigenvalue weighted by molar-refractivity contribution is 0.463. The van der Waals surface area contributed by atoms with Crippen molar-refractivity contribution in [1.82, 2.24) is 4.57 Å². The minimum Gasteiger partial charge on any atom is -0.503 e. The van der Waals surface area contributed by atoms with Crippen molar-refractivity contribution in [1.29, 1.82) is 0 Å². The molecule has 0 radical (unpaired) electrons. The van der Waals surface area contributed by atoms with E-state index in [0.717, 1.165) is 5.56 Å². The largest absolute Gasteiger partial charge is 0.503 e. The first-order valence-electron chi connectivity index (χ1n) is 4.64. The summed E-state index contributed by atoms with van der Waals surface area (Å²) in [6.07, 6.45) is 1.64. The maximum Gasteiger partial charge on any atom is 0.293 e. The number of aromatic nitrogens is 1. The van der Waals surface area contributed by atoms with Crippen molar-refractivity contribution in [2.24, 2.45) is 7.05 Å². The second kappa shape index (κ2) is 3.61. The maximum atomic E-state index is 11.5. The van der Waals surface area contributed by atoms with E-state index in [9.17, 15) is 9.90 Å². The number of aromatic hydroxyl groups is 1. The van der Waals surface area contributed by atoms with Gasteiger partial charge >= 0.3 is 0 Å². The molecule has 2 rings (SSSR count). The highest BCUT2D eigenvalue weighted by atomic mass is 16.3. The quantitative estimate of drug-likeness (QED) is 0.763. The average molecular weight is 201 g/mol. The van der Waals surface area contributed by atoms with Crippen LogP contribution in [-0.4, -0.2) is 9.67 Å². The zero-order valence-electron chi connectivity index (χ0n) is 8.34. The second-order valence-corrected chi connectivity index (χ2v) is 3.36. The molecule has 1 N–H and O–H groups in total. The van der Waals surface area contributed by atoms with Crippen molar-refractivity contribution in [3.8, 4) is 16.9 Å². The van der Waals surface area contributed by atoms with Crippen molar-refractivity contribution in [2.75, 3.05) is 0 Å². The van der Waals surface area contributed by atoms with E-state index in [1.165, 1.54) is 4.57 Å². The van der Waals surface area contributed by atoms with Crippen LogP contribution in [0.15, 0.2) is 47.4 Å². The Morgan fingerprint density at radius 1 is 1.13 bits per heavy atom. The van der Waals surface area contributed by atoms with Crippen LogP contribution in [0.3, 0.4) is 0 Å². The van der Waals surface area contributed by atoms with Gasteiger partial charge in [0.2, 0.25) is 0 Å². The summed E-state index contributed by atoms with van der Waals surface area (Å²) in [6, 6.07) is 11.1. The highest BCUT2D eigenvalue weighted by molar-refractivity contribution is 5.68. The number of pyridine rings is 1. The van der Waals surface area contributed by atoms with Crippen LogP contribution in [0, 0.1) is 0 Å². The van der Waals surface area contributed by atoms with Crippen LogP contribution in [0.25, 0.3) is 11.1 Å². The molecule has 0 atom stereocenters. The Morgan fingerprint density at radius 2 is 1.80 bits per heavy atom. The van der Waals surface area contributed by atoms with Crippen LogP contribution in [-0.2, 0) is 7.05 Å². The van der Waals surface area contributed by atoms with Crippen molar-refractivity contribution in [3.05, 3.63) is 52.9 Å². The predicted molar refractivity (Wildman–Crippen MR) is 58.8 cm³/mol. The minimum atomic E-state index is -0.378. The van der Waals surface area contributed by atoms with Gasteiger partial charge in [0.05, 0.1) is 0 Å². The molecule has 0 aliphatic rings. The van der Waals surface area contributed by atoms with E-state index in [2.05, 4.69) is 0 Å². The molecule has 0 aliphatic heterocycles. The topological polar surface area (TPSA) is 42.2 Å². The molecule has 0 amide bonds. The summed E-state index contributed by atoms with van der Waals surface area (Å²) in [4.78, 5) is 11.5. The third-order valence-electron chi connectivity index (χ3n) is 2.33. The molecule has 0 aliphatic carbocycles. The molecule has 0 unspecified atom stereocenters. The number of nitrogens with zero attached hydrogens (tertiary/aromatic N) is 1. The van der Waals surface area contributed by atoms with E-state index in [0.29, 0.717) is 5.56 Å². The molecular formula is C12H11NO2. The van der Waals surface area contributed by atoms with E-state index >= 15 is 0 Å². The molecule has 0 fully saturated rings. The maximum absolute atomic E-state index is 11.5. The zero-order chi connectivity index (χ0) is 10.8. The van der Waals surface area contributed by atoms with Gasteiger partial charge < -0.3 is 9.67 Å². The highest BCUT2D eigenvalue weighted by Gasteiger charge is 2.07. The van der Waals surface area contributed by atoms with Gasteiger partial charge in [-0.3, -0.25) is 4.79 Å². The third-order valence-corrected chi connectivity index (χ3v) is 2.33. The van der Waals surface area contributed by atoms with E-state index in [-0.39, 0.29) is 11.3 Å². The number of rotatable bonds is 1. The Bertz CT molecular complexity index is 529. The first kappa shape index (κ1) is 9.52. The third kappa shape index (κ3) is 1.64. The van der Waals surface area contributed by atoms with Crippen LogP contribution in [0.1, 0.15) is 0 Å². The van der Waals surface area contributed by atoms with Crippen LogP contribution in [0.2, 0.25) is 0 Å². The Morgan fingerprint density at radius 3 is 2.47 bits per heavy atom. The highest BCUT2D eigenvalue weighted by Crippen LogP contribution is 2.24. The van der Waals surface area contributed by atoms with E-state index < -0.39 is 0 Å². The smallest absolute Gasteiger partial charge is 0.293 e. The molecule has 1 heterocycles. The number of hydrogen-bond donors (Lipinski definition) is 1. The molecule has 0 bridgehead atoms. The molecular weight excluding hydrogens is 190 g/mol. The first-order valence-corrected chi connectivity index (χ1v) is 4.64. The summed E-state index contributed by atoms with van der Waals surface area (Å²) in [5.41, 5.74) is 1.03. The zero-order valence-corrected chi connectivity index (χ0v) is 8.34. The van der Waals surface area contributed by atoms with Gasteiger partial charge in [-0.15, -0.1) is 0 Å². The first-order chi connectivity index (χ1) is 7.20. The van der Waals surface area contributed by atoms with Gasteiger partial charge in [-0.25, -0.2) is 0 Å². The van der Waals surface area contributed by atoms with Gasteiger partial charge in [0.25, 0.3) is 5.56 Å². The summed E-state index contributed by atoms with van der Waals surface area (Å²) in [5.74, 6) is -0.203. The van der Waals surface area contributed by atoms with E-state index in [4.69, 9.17) is 0 Å². The van der Waals surface area contributed by atoms with Crippen molar-refractivity contribution < 1.29 is 5.11 Å². The molecule has 0 saturated carbocycles. The number of hydrogen-bond acceptors (Lipinski definition) is 2. The molecule has 0 spiro atoms. The van der Waals surface area contributed by atoms with Gasteiger partial charge in [-0.2, -0.15) is 0 Å². The minimum absolute atomic E-state index is 0.203. The molecule has 0 saturated heterocycles. The molecule has 3 heteroatoms. The average Bonchev–Trinajstić information content (AvgIpc) is 2.27. The predicted octanol–water partition coefficient (Wildman–Crippen LogP) is 1.76. The summed E-state index contributed by atoms with van der Waals surface area (Å²) in [5, 5.41) is 9.70. The molecule has 1 aromatic heterocycles. The van der Waals surface area contributed by atoms with Gasteiger partial charge in [-0.05, 0) is 11.6 Å². The van der Waals surface area contributed by atoms with Crippen LogP contribution < -0.4 is 5.56 Å². The van der Waals surface area contributed by atoms with E-state index in [1.54, 1.807) is 19.3 Å². The second-order valence-electron chi connectivity index (χ2n) is 3.36. The Hall–Kier alpha value is -2.03. The van der Waals surface area contributed by atoms with Crippen LogP contribution >= 0.6 is 0 Å². The van der Waals surface area contributed by atoms with Crippen molar-refractivity contribution in [3.63, 3.8) is 0 Å². The summed E-state index contributed by atoms with van der Waals surface area (Å²) < 4.78 is 1.35. The van der Waals surface area contributed by atoms with Gasteiger partial charge in [-0.1, -0.05) is 30.3 Å². The summed E-state index contributed by atoms with van der Waals surface area (Å²) >= 11 is 0. The monoisotopic (exact) mass is 201 g/mol. The summed E-state index contributed by atoms with van der Waals surface area (Å²) in [6.45, 7) is 0. The Labute approximate surface area is 87.2 Å². The normalized spacial score (nSPS) is 10.2. The van der Waals surface area contributed by atoms with Crippen LogP contribution in [0.5, 0.6) is 5.75 Å². The fraction of sp³-hybridized carbons (Fsp3) is 0.0833. The molecule has 1 aromatic carbocycles. The number of benzene rings is 1. The molecule has 2 aromatic rings.